The SMILES string of the molecule is CO[C@@H]1[C@H](O)[C@@H](CO)O[C@H]1N1CN=C2C1=NC=NC2(N)C1CCCCCC1. The van der Waals surface area contributed by atoms with Crippen molar-refractivity contribution in [1.82, 2.24) is 4.90 Å². The summed E-state index contributed by atoms with van der Waals surface area (Å²) in [5, 5.41) is 19.8. The van der Waals surface area contributed by atoms with E-state index in [1.165, 1.54) is 26.3 Å². The molecule has 150 valence electrons. The molecule has 27 heavy (non-hydrogen) atoms. The Morgan fingerprint density at radius 3 is 2.74 bits per heavy atom. The average Bonchev–Trinajstić information content (AvgIpc) is 3.11. The molecule has 0 amide bonds. The van der Waals surface area contributed by atoms with Gasteiger partial charge in [0, 0.05) is 13.0 Å². The average molecular weight is 379 g/mol. The lowest BCUT2D eigenvalue weighted by Gasteiger charge is -2.37. The van der Waals surface area contributed by atoms with Crippen LogP contribution < -0.4 is 5.73 Å². The van der Waals surface area contributed by atoms with E-state index in [9.17, 15) is 10.2 Å². The quantitative estimate of drug-likeness (QED) is 0.584. The lowest BCUT2D eigenvalue weighted by atomic mass is 9.82. The maximum Gasteiger partial charge on any atom is 0.162 e. The lowest BCUT2D eigenvalue weighted by Crippen LogP contribution is -2.59. The summed E-state index contributed by atoms with van der Waals surface area (Å²) < 4.78 is 11.3. The monoisotopic (exact) mass is 379 g/mol. The zero-order chi connectivity index (χ0) is 19.0. The predicted molar refractivity (Wildman–Crippen MR) is 101 cm³/mol. The van der Waals surface area contributed by atoms with Crippen molar-refractivity contribution < 1.29 is 19.7 Å². The number of aliphatic hydroxyl groups excluding tert-OH is 2. The standard InChI is InChI=1S/C18H29N5O4/c1-26-14-13(25)12(8-24)27-17(14)23-10-21-15-16(23)20-9-22-18(15,19)11-6-4-2-3-5-7-11/h9,11-14,17,24-25H,2-8,10,19H2,1H3/t12-,13-,14-,17-,18?/m1/s1. The van der Waals surface area contributed by atoms with Crippen molar-refractivity contribution in [2.45, 2.75) is 68.7 Å². The second-order valence-electron chi connectivity index (χ2n) is 7.77. The molecule has 0 aromatic heterocycles. The Morgan fingerprint density at radius 2 is 2.07 bits per heavy atom. The molecule has 1 saturated carbocycles. The molecule has 0 bridgehead atoms. The van der Waals surface area contributed by atoms with Gasteiger partial charge in [0.1, 0.15) is 37.0 Å². The molecule has 0 spiro atoms. The highest BCUT2D eigenvalue weighted by molar-refractivity contribution is 6.47. The second kappa shape index (κ2) is 7.56. The number of fused-ring (bicyclic) bond motifs is 1. The van der Waals surface area contributed by atoms with E-state index < -0.39 is 30.2 Å². The highest BCUT2D eigenvalue weighted by atomic mass is 16.6. The minimum absolute atomic E-state index is 0.235. The maximum absolute atomic E-state index is 10.3. The smallest absolute Gasteiger partial charge is 0.162 e. The van der Waals surface area contributed by atoms with Crippen LogP contribution in [0.3, 0.4) is 0 Å². The molecule has 9 nitrogen and oxygen atoms in total. The molecule has 0 radical (unpaired) electrons. The molecule has 1 saturated heterocycles. The molecule has 2 fully saturated rings. The summed E-state index contributed by atoms with van der Waals surface area (Å²) in [4.78, 5) is 15.5. The summed E-state index contributed by atoms with van der Waals surface area (Å²) in [6, 6.07) is 0. The Bertz CT molecular complexity index is 646. The largest absolute Gasteiger partial charge is 0.394 e. The Morgan fingerprint density at radius 1 is 1.33 bits per heavy atom. The summed E-state index contributed by atoms with van der Waals surface area (Å²) in [7, 11) is 1.52. The van der Waals surface area contributed by atoms with Crippen LogP contribution >= 0.6 is 0 Å². The molecule has 5 atom stereocenters. The van der Waals surface area contributed by atoms with E-state index in [0.717, 1.165) is 25.7 Å². The first-order valence-corrected chi connectivity index (χ1v) is 9.79. The summed E-state index contributed by atoms with van der Waals surface area (Å²) in [5.74, 6) is 0.869. The van der Waals surface area contributed by atoms with Crippen LogP contribution in [0.5, 0.6) is 0 Å². The third kappa shape index (κ3) is 3.11. The first kappa shape index (κ1) is 18.9. The first-order chi connectivity index (χ1) is 13.1. The number of ether oxygens (including phenoxy) is 2. The fourth-order valence-electron chi connectivity index (χ4n) is 4.70. The molecule has 1 aliphatic carbocycles. The second-order valence-corrected chi connectivity index (χ2v) is 7.77. The van der Waals surface area contributed by atoms with E-state index in [2.05, 4.69) is 15.0 Å². The van der Waals surface area contributed by atoms with Gasteiger partial charge in [0.2, 0.25) is 0 Å². The van der Waals surface area contributed by atoms with Crippen molar-refractivity contribution in [1.29, 1.82) is 0 Å². The van der Waals surface area contributed by atoms with Crippen molar-refractivity contribution >= 4 is 17.9 Å². The normalized spacial score (nSPS) is 39.9. The number of aliphatic hydroxyl groups is 2. The zero-order valence-corrected chi connectivity index (χ0v) is 15.7. The van der Waals surface area contributed by atoms with E-state index in [0.29, 0.717) is 18.2 Å². The molecular weight excluding hydrogens is 350 g/mol. The zero-order valence-electron chi connectivity index (χ0n) is 15.7. The van der Waals surface area contributed by atoms with Crippen LogP contribution in [-0.2, 0) is 9.47 Å². The fraction of sp³-hybridized carbons (Fsp3) is 0.833. The van der Waals surface area contributed by atoms with E-state index >= 15 is 0 Å². The van der Waals surface area contributed by atoms with Crippen molar-refractivity contribution in [2.75, 3.05) is 20.4 Å². The lowest BCUT2D eigenvalue weighted by molar-refractivity contribution is -0.0765. The Kier molecular flexibility index (Phi) is 5.30. The van der Waals surface area contributed by atoms with E-state index in [1.54, 1.807) is 0 Å². The van der Waals surface area contributed by atoms with Gasteiger partial charge in [0.25, 0.3) is 0 Å². The minimum Gasteiger partial charge on any atom is -0.394 e. The van der Waals surface area contributed by atoms with E-state index in [4.69, 9.17) is 15.2 Å². The van der Waals surface area contributed by atoms with Crippen LogP contribution in [0.4, 0.5) is 0 Å². The topological polar surface area (TPSA) is 125 Å². The number of hydrogen-bond acceptors (Lipinski definition) is 9. The van der Waals surface area contributed by atoms with Gasteiger partial charge in [-0.15, -0.1) is 0 Å². The number of methoxy groups -OCH3 is 1. The van der Waals surface area contributed by atoms with Gasteiger partial charge in [0.15, 0.2) is 17.7 Å². The van der Waals surface area contributed by atoms with Gasteiger partial charge in [-0.1, -0.05) is 25.7 Å². The third-order valence-corrected chi connectivity index (χ3v) is 6.25. The summed E-state index contributed by atoms with van der Waals surface area (Å²) >= 11 is 0. The molecule has 0 aromatic rings. The Balaban J connectivity index is 1.58. The van der Waals surface area contributed by atoms with Crippen molar-refractivity contribution in [3.05, 3.63) is 0 Å². The highest BCUT2D eigenvalue weighted by Gasteiger charge is 2.52. The number of amidine groups is 1. The van der Waals surface area contributed by atoms with Crippen LogP contribution in [0, 0.1) is 5.92 Å². The van der Waals surface area contributed by atoms with Gasteiger partial charge < -0.3 is 30.3 Å². The summed E-state index contributed by atoms with van der Waals surface area (Å²) in [6.07, 6.45) is 5.56. The molecular formula is C18H29N5O4. The van der Waals surface area contributed by atoms with Crippen LogP contribution in [-0.4, -0.2) is 83.6 Å². The number of hydrogen-bond donors (Lipinski definition) is 3. The summed E-state index contributed by atoms with van der Waals surface area (Å²) in [6.45, 7) is 0.0362. The predicted octanol–water partition coefficient (Wildman–Crippen LogP) is -0.141. The molecule has 9 heteroatoms. The third-order valence-electron chi connectivity index (χ3n) is 6.25. The molecule has 4 N–H and O–H groups in total. The Hall–Kier alpha value is -1.39. The molecule has 0 aromatic carbocycles. The van der Waals surface area contributed by atoms with Crippen molar-refractivity contribution in [2.24, 2.45) is 26.6 Å². The van der Waals surface area contributed by atoms with Gasteiger partial charge in [-0.3, -0.25) is 4.99 Å². The van der Waals surface area contributed by atoms with Gasteiger partial charge in [-0.05, 0) is 12.8 Å². The number of rotatable bonds is 4. The maximum atomic E-state index is 10.3. The number of aliphatic imine (C=N–C) groups is 3. The number of nitrogens with zero attached hydrogens (tertiary/aromatic N) is 4. The Labute approximate surface area is 159 Å². The van der Waals surface area contributed by atoms with E-state index in [1.807, 2.05) is 4.90 Å². The highest BCUT2D eigenvalue weighted by Crippen LogP contribution is 2.36. The fourth-order valence-corrected chi connectivity index (χ4v) is 4.70. The van der Waals surface area contributed by atoms with Crippen LogP contribution in [0.15, 0.2) is 15.0 Å². The van der Waals surface area contributed by atoms with Crippen molar-refractivity contribution in [3.8, 4) is 0 Å². The molecule has 4 aliphatic rings. The van der Waals surface area contributed by atoms with Crippen LogP contribution in [0.25, 0.3) is 0 Å². The minimum atomic E-state index is -0.920. The van der Waals surface area contributed by atoms with E-state index in [-0.39, 0.29) is 12.5 Å². The molecule has 3 aliphatic heterocycles. The summed E-state index contributed by atoms with van der Waals surface area (Å²) in [5.41, 5.74) is 6.62. The van der Waals surface area contributed by atoms with Gasteiger partial charge in [0.05, 0.1) is 6.61 Å². The molecule has 1 unspecified atom stereocenters. The van der Waals surface area contributed by atoms with Gasteiger partial charge in [-0.2, -0.15) is 0 Å². The van der Waals surface area contributed by atoms with Crippen LogP contribution in [0.2, 0.25) is 0 Å². The van der Waals surface area contributed by atoms with Crippen LogP contribution in [0.1, 0.15) is 38.5 Å². The van der Waals surface area contributed by atoms with Gasteiger partial charge in [-0.25, -0.2) is 9.98 Å². The molecule has 4 rings (SSSR count). The van der Waals surface area contributed by atoms with Gasteiger partial charge >= 0.3 is 0 Å². The first-order valence-electron chi connectivity index (χ1n) is 9.79. The van der Waals surface area contributed by atoms with Crippen molar-refractivity contribution in [3.63, 3.8) is 0 Å². The number of nitrogens with two attached hydrogens (primary N) is 1. The molecule has 3 heterocycles.